The molecule has 22 heavy (non-hydrogen) atoms. The van der Waals surface area contributed by atoms with Gasteiger partial charge in [-0.05, 0) is 31.4 Å². The molecular formula is C16H26N2O3S. The summed E-state index contributed by atoms with van der Waals surface area (Å²) in [5, 5.41) is 2.31. The predicted molar refractivity (Wildman–Crippen MR) is 90.5 cm³/mol. The highest BCUT2D eigenvalue weighted by atomic mass is 32.2. The fourth-order valence-electron chi connectivity index (χ4n) is 1.98. The second kappa shape index (κ2) is 8.17. The van der Waals surface area contributed by atoms with Gasteiger partial charge in [0.25, 0.3) is 5.91 Å². The smallest absolute Gasteiger partial charge is 0.253 e. The highest BCUT2D eigenvalue weighted by molar-refractivity contribution is 7.93. The topological polar surface area (TPSA) is 75.3 Å². The molecule has 5 nitrogen and oxygen atoms in total. The fourth-order valence-corrected chi connectivity index (χ4v) is 3.21. The number of hydrogen-bond donors (Lipinski definition) is 2. The van der Waals surface area contributed by atoms with Crippen molar-refractivity contribution in [3.8, 4) is 0 Å². The second-order valence-electron chi connectivity index (χ2n) is 5.90. The third-order valence-corrected chi connectivity index (χ3v) is 5.12. The Hall–Kier alpha value is -1.56. The number of rotatable bonds is 8. The van der Waals surface area contributed by atoms with Crippen molar-refractivity contribution < 1.29 is 13.2 Å². The van der Waals surface area contributed by atoms with E-state index < -0.39 is 15.3 Å². The van der Waals surface area contributed by atoms with E-state index in [0.717, 1.165) is 6.42 Å². The summed E-state index contributed by atoms with van der Waals surface area (Å²) >= 11 is 0. The van der Waals surface area contributed by atoms with E-state index in [1.165, 1.54) is 0 Å². The quantitative estimate of drug-likeness (QED) is 0.771. The van der Waals surface area contributed by atoms with Gasteiger partial charge in [-0.2, -0.15) is 0 Å². The molecule has 0 aliphatic heterocycles. The van der Waals surface area contributed by atoms with E-state index in [1.807, 2.05) is 20.8 Å². The first-order chi connectivity index (χ1) is 10.3. The number of sulfonamides is 1. The normalized spacial score (nSPS) is 13.0. The number of nitrogens with one attached hydrogen (secondary N) is 2. The Kier molecular flexibility index (Phi) is 6.87. The van der Waals surface area contributed by atoms with Gasteiger partial charge in [0.2, 0.25) is 10.0 Å². The van der Waals surface area contributed by atoms with Crippen LogP contribution in [0, 0.1) is 5.92 Å². The number of amides is 1. The van der Waals surface area contributed by atoms with Gasteiger partial charge in [0.1, 0.15) is 0 Å². The number of para-hydroxylation sites is 1. The minimum Gasteiger partial charge on any atom is -0.352 e. The van der Waals surface area contributed by atoms with Crippen molar-refractivity contribution >= 4 is 21.6 Å². The highest BCUT2D eigenvalue weighted by Crippen LogP contribution is 2.19. The van der Waals surface area contributed by atoms with Crippen molar-refractivity contribution in [3.05, 3.63) is 29.8 Å². The third-order valence-electron chi connectivity index (χ3n) is 3.32. The molecule has 0 aliphatic carbocycles. The molecule has 0 aliphatic rings. The zero-order valence-corrected chi connectivity index (χ0v) is 14.5. The molecule has 1 aromatic rings. The van der Waals surface area contributed by atoms with Crippen LogP contribution in [0.1, 0.15) is 50.9 Å². The molecule has 0 spiro atoms. The Bertz CT molecular complexity index is 597. The molecule has 0 unspecified atom stereocenters. The van der Waals surface area contributed by atoms with E-state index in [1.54, 1.807) is 31.2 Å². The average Bonchev–Trinajstić information content (AvgIpc) is 2.45. The maximum atomic E-state index is 12.3. The van der Waals surface area contributed by atoms with Crippen LogP contribution in [0.3, 0.4) is 0 Å². The van der Waals surface area contributed by atoms with Gasteiger partial charge in [0.05, 0.1) is 16.5 Å². The summed E-state index contributed by atoms with van der Waals surface area (Å²) < 4.78 is 27.1. The Labute approximate surface area is 133 Å². The van der Waals surface area contributed by atoms with E-state index in [9.17, 15) is 13.2 Å². The van der Waals surface area contributed by atoms with Crippen LogP contribution in [-0.4, -0.2) is 26.1 Å². The molecule has 1 aromatic carbocycles. The molecule has 1 amide bonds. The van der Waals surface area contributed by atoms with Gasteiger partial charge in [-0.3, -0.25) is 9.52 Å². The molecule has 124 valence electrons. The summed E-state index contributed by atoms with van der Waals surface area (Å²) in [4.78, 5) is 12.2. The Morgan fingerprint density at radius 1 is 1.18 bits per heavy atom. The zero-order valence-electron chi connectivity index (χ0n) is 13.7. The third kappa shape index (κ3) is 5.33. The van der Waals surface area contributed by atoms with Crippen LogP contribution in [0.15, 0.2) is 24.3 Å². The van der Waals surface area contributed by atoms with E-state index >= 15 is 0 Å². The highest BCUT2D eigenvalue weighted by Gasteiger charge is 2.22. The number of anilines is 1. The largest absolute Gasteiger partial charge is 0.352 e. The molecule has 0 saturated carbocycles. The van der Waals surface area contributed by atoms with Gasteiger partial charge >= 0.3 is 0 Å². The minimum absolute atomic E-state index is 0.268. The van der Waals surface area contributed by atoms with Crippen LogP contribution in [-0.2, 0) is 10.0 Å². The van der Waals surface area contributed by atoms with Crippen molar-refractivity contribution in [1.29, 1.82) is 0 Å². The summed E-state index contributed by atoms with van der Waals surface area (Å²) in [6, 6.07) is 6.66. The first-order valence-electron chi connectivity index (χ1n) is 7.66. The summed E-state index contributed by atoms with van der Waals surface area (Å²) in [7, 11) is -3.49. The average molecular weight is 326 g/mol. The molecule has 0 heterocycles. The van der Waals surface area contributed by atoms with Crippen molar-refractivity contribution in [2.75, 3.05) is 11.3 Å². The predicted octanol–water partition coefficient (Wildman–Crippen LogP) is 3.00. The van der Waals surface area contributed by atoms with E-state index in [2.05, 4.69) is 10.0 Å². The van der Waals surface area contributed by atoms with Crippen molar-refractivity contribution in [2.24, 2.45) is 5.92 Å². The summed E-state index contributed by atoms with van der Waals surface area (Å²) in [6.07, 6.45) is 1.37. The van der Waals surface area contributed by atoms with Crippen LogP contribution in [0.2, 0.25) is 0 Å². The van der Waals surface area contributed by atoms with Crippen molar-refractivity contribution in [1.82, 2.24) is 5.32 Å². The molecule has 0 saturated heterocycles. The van der Waals surface area contributed by atoms with Crippen LogP contribution < -0.4 is 10.0 Å². The number of carbonyl (C=O) groups excluding carboxylic acids is 1. The van der Waals surface area contributed by atoms with Crippen molar-refractivity contribution in [3.63, 3.8) is 0 Å². The Morgan fingerprint density at radius 2 is 1.82 bits per heavy atom. The molecule has 1 atom stereocenters. The van der Waals surface area contributed by atoms with E-state index in [0.29, 0.717) is 30.1 Å². The van der Waals surface area contributed by atoms with Crippen LogP contribution in [0.25, 0.3) is 0 Å². The van der Waals surface area contributed by atoms with Crippen molar-refractivity contribution in [2.45, 2.75) is 45.8 Å². The molecule has 1 rings (SSSR count). The van der Waals surface area contributed by atoms with E-state index in [-0.39, 0.29) is 5.91 Å². The molecule has 2 N–H and O–H groups in total. The van der Waals surface area contributed by atoms with Crippen LogP contribution in [0.5, 0.6) is 0 Å². The van der Waals surface area contributed by atoms with E-state index in [4.69, 9.17) is 0 Å². The SMILES string of the molecule is CCC[C@@H](C)S(=O)(=O)Nc1ccccc1C(=O)NCC(C)C. The number of benzene rings is 1. The minimum atomic E-state index is -3.49. The molecule has 0 fully saturated rings. The van der Waals surface area contributed by atoms with Crippen LogP contribution >= 0.6 is 0 Å². The zero-order chi connectivity index (χ0) is 16.8. The fraction of sp³-hybridized carbons (Fsp3) is 0.562. The number of carbonyl (C=O) groups is 1. The summed E-state index contributed by atoms with van der Waals surface area (Å²) in [5.74, 6) is 0.0625. The second-order valence-corrected chi connectivity index (χ2v) is 7.99. The summed E-state index contributed by atoms with van der Waals surface area (Å²) in [5.41, 5.74) is 0.669. The molecule has 6 heteroatoms. The van der Waals surface area contributed by atoms with Gasteiger partial charge in [-0.1, -0.05) is 39.3 Å². The van der Waals surface area contributed by atoms with Crippen LogP contribution in [0.4, 0.5) is 5.69 Å². The van der Waals surface area contributed by atoms with Gasteiger partial charge in [0, 0.05) is 6.54 Å². The lowest BCUT2D eigenvalue weighted by Gasteiger charge is -2.16. The first kappa shape index (κ1) is 18.5. The number of hydrogen-bond acceptors (Lipinski definition) is 3. The summed E-state index contributed by atoms with van der Waals surface area (Å²) in [6.45, 7) is 8.17. The molecule has 0 bridgehead atoms. The van der Waals surface area contributed by atoms with Gasteiger partial charge in [-0.15, -0.1) is 0 Å². The lowest BCUT2D eigenvalue weighted by molar-refractivity contribution is 0.0950. The maximum absolute atomic E-state index is 12.3. The molecular weight excluding hydrogens is 300 g/mol. The standard InChI is InChI=1S/C16H26N2O3S/c1-5-8-13(4)22(20,21)18-15-10-7-6-9-14(15)16(19)17-11-12(2)3/h6-7,9-10,12-13,18H,5,8,11H2,1-4H3,(H,17,19)/t13-/m1/s1. The molecule has 0 radical (unpaired) electrons. The Balaban J connectivity index is 2.95. The lowest BCUT2D eigenvalue weighted by Crippen LogP contribution is -2.30. The first-order valence-corrected chi connectivity index (χ1v) is 9.21. The molecule has 0 aromatic heterocycles. The maximum Gasteiger partial charge on any atom is 0.253 e. The lowest BCUT2D eigenvalue weighted by atomic mass is 10.1. The monoisotopic (exact) mass is 326 g/mol. The van der Waals surface area contributed by atoms with Gasteiger partial charge in [-0.25, -0.2) is 8.42 Å². The Morgan fingerprint density at radius 3 is 2.41 bits per heavy atom. The van der Waals surface area contributed by atoms with Gasteiger partial charge in [0.15, 0.2) is 0 Å². The van der Waals surface area contributed by atoms with Gasteiger partial charge < -0.3 is 5.32 Å².